The van der Waals surface area contributed by atoms with Crippen LogP contribution in [-0.4, -0.2) is 4.98 Å². The first-order valence-corrected chi connectivity index (χ1v) is 2.85. The molecule has 0 spiro atoms. The van der Waals surface area contributed by atoms with Gasteiger partial charge in [-0.25, -0.2) is 0 Å². The maximum atomic E-state index is 4.14. The Morgan fingerprint density at radius 3 is 2.75 bits per heavy atom. The Balaban J connectivity index is 3.13. The van der Waals surface area contributed by atoms with Gasteiger partial charge in [-0.15, -0.1) is 12.6 Å². The van der Waals surface area contributed by atoms with E-state index in [1.54, 1.807) is 12.4 Å². The number of nitrogens with zero attached hydrogens (tertiary/aromatic N) is 1. The fourth-order valence-electron chi connectivity index (χ4n) is 0.456. The molecule has 1 aromatic heterocycles. The van der Waals surface area contributed by atoms with Crippen molar-refractivity contribution in [2.75, 3.05) is 0 Å². The van der Waals surface area contributed by atoms with Crippen LogP contribution < -0.4 is 0 Å². The maximum absolute atomic E-state index is 4.14. The van der Waals surface area contributed by atoms with Crippen LogP contribution in [0.25, 0.3) is 0 Å². The van der Waals surface area contributed by atoms with Gasteiger partial charge in [0.15, 0.2) is 0 Å². The van der Waals surface area contributed by atoms with E-state index in [-0.39, 0.29) is 0 Å². The predicted molar refractivity (Wildman–Crippen MR) is 36.2 cm³/mol. The number of pyridine rings is 1. The molecule has 0 atom stereocenters. The van der Waals surface area contributed by atoms with Crippen LogP contribution in [0.5, 0.6) is 0 Å². The molecule has 0 aliphatic rings. The number of aryl methyl sites for hydroxylation is 1. The summed E-state index contributed by atoms with van der Waals surface area (Å²) in [7, 11) is 0. The molecule has 0 aliphatic carbocycles. The van der Waals surface area contributed by atoms with Gasteiger partial charge < -0.3 is 0 Å². The van der Waals surface area contributed by atoms with Gasteiger partial charge in [0, 0.05) is 17.3 Å². The smallest absolute Gasteiger partial charge is 0.0404 e. The van der Waals surface area contributed by atoms with E-state index < -0.39 is 0 Å². The highest BCUT2D eigenvalue weighted by Gasteiger charge is 1.86. The molecule has 1 aromatic rings. The van der Waals surface area contributed by atoms with Crippen LogP contribution in [0.2, 0.25) is 0 Å². The van der Waals surface area contributed by atoms with Gasteiger partial charge in [-0.2, -0.15) is 0 Å². The topological polar surface area (TPSA) is 12.9 Å². The molecule has 0 aliphatic heterocycles. The molecule has 0 radical (unpaired) electrons. The number of aromatic nitrogens is 1. The van der Waals surface area contributed by atoms with Gasteiger partial charge in [0.2, 0.25) is 0 Å². The van der Waals surface area contributed by atoms with Crippen LogP contribution in [0, 0.1) is 6.92 Å². The molecule has 0 N–H and O–H groups in total. The van der Waals surface area contributed by atoms with Crippen molar-refractivity contribution < 1.29 is 0 Å². The molecule has 42 valence electrons. The van der Waals surface area contributed by atoms with E-state index in [1.165, 1.54) is 5.56 Å². The van der Waals surface area contributed by atoms with Crippen molar-refractivity contribution in [3.8, 4) is 0 Å². The molecule has 0 aromatic carbocycles. The Labute approximate surface area is 54.2 Å². The zero-order valence-electron chi connectivity index (χ0n) is 4.63. The van der Waals surface area contributed by atoms with Crippen LogP contribution >= 0.6 is 12.6 Å². The Hall–Kier alpha value is -0.500. The van der Waals surface area contributed by atoms with E-state index in [4.69, 9.17) is 0 Å². The highest BCUT2D eigenvalue weighted by atomic mass is 32.1. The quantitative estimate of drug-likeness (QED) is 0.520. The summed E-state index contributed by atoms with van der Waals surface area (Å²) in [5, 5.41) is 0. The molecule has 1 nitrogen and oxygen atoms in total. The lowest BCUT2D eigenvalue weighted by molar-refractivity contribution is 1.18. The van der Waals surface area contributed by atoms with Gasteiger partial charge >= 0.3 is 0 Å². The van der Waals surface area contributed by atoms with Gasteiger partial charge in [-0.1, -0.05) is 0 Å². The SMILES string of the molecule is Cc1ccncc1S. The third-order valence-corrected chi connectivity index (χ3v) is 1.48. The normalized spacial score (nSPS) is 9.25. The predicted octanol–water partition coefficient (Wildman–Crippen LogP) is 1.68. The largest absolute Gasteiger partial charge is 0.264 e. The number of hydrogen-bond donors (Lipinski definition) is 1. The maximum Gasteiger partial charge on any atom is 0.0404 e. The summed E-state index contributed by atoms with van der Waals surface area (Å²) < 4.78 is 0. The van der Waals surface area contributed by atoms with Crippen LogP contribution in [0.4, 0.5) is 0 Å². The first kappa shape index (κ1) is 5.63. The summed E-state index contributed by atoms with van der Waals surface area (Å²) in [4.78, 5) is 4.82. The van der Waals surface area contributed by atoms with E-state index >= 15 is 0 Å². The van der Waals surface area contributed by atoms with Crippen molar-refractivity contribution in [2.24, 2.45) is 0 Å². The molecule has 0 saturated carbocycles. The first-order chi connectivity index (χ1) is 3.80. The second-order valence-corrected chi connectivity index (χ2v) is 2.14. The van der Waals surface area contributed by atoms with Crippen molar-refractivity contribution in [3.05, 3.63) is 24.0 Å². The van der Waals surface area contributed by atoms with Crippen LogP contribution in [-0.2, 0) is 0 Å². The number of hydrogen-bond acceptors (Lipinski definition) is 2. The molecule has 0 amide bonds. The van der Waals surface area contributed by atoms with Crippen molar-refractivity contribution in [2.45, 2.75) is 11.8 Å². The van der Waals surface area contributed by atoms with E-state index in [1.807, 2.05) is 13.0 Å². The number of rotatable bonds is 0. The Kier molecular flexibility index (Phi) is 1.53. The molecule has 2 heteroatoms. The molecular formula is C6H7NS. The minimum Gasteiger partial charge on any atom is -0.264 e. The lowest BCUT2D eigenvalue weighted by atomic mass is 10.3. The fourth-order valence-corrected chi connectivity index (χ4v) is 0.597. The first-order valence-electron chi connectivity index (χ1n) is 2.40. The van der Waals surface area contributed by atoms with E-state index in [9.17, 15) is 0 Å². The van der Waals surface area contributed by atoms with Crippen LogP contribution in [0.3, 0.4) is 0 Å². The Morgan fingerprint density at radius 2 is 2.38 bits per heavy atom. The highest BCUT2D eigenvalue weighted by molar-refractivity contribution is 7.80. The minimum atomic E-state index is 0.951. The monoisotopic (exact) mass is 125 g/mol. The summed E-state index contributed by atoms with van der Waals surface area (Å²) >= 11 is 4.14. The van der Waals surface area contributed by atoms with Crippen molar-refractivity contribution in [1.82, 2.24) is 4.98 Å². The Morgan fingerprint density at radius 1 is 1.62 bits per heavy atom. The third-order valence-electron chi connectivity index (χ3n) is 1.01. The lowest BCUT2D eigenvalue weighted by Gasteiger charge is -1.91. The second-order valence-electron chi connectivity index (χ2n) is 1.66. The second kappa shape index (κ2) is 2.18. The van der Waals surface area contributed by atoms with Gasteiger partial charge in [0.25, 0.3) is 0 Å². The van der Waals surface area contributed by atoms with Crippen molar-refractivity contribution in [3.63, 3.8) is 0 Å². The average molecular weight is 125 g/mol. The summed E-state index contributed by atoms with van der Waals surface area (Å²) in [6.07, 6.45) is 3.49. The van der Waals surface area contributed by atoms with E-state index in [0.29, 0.717) is 0 Å². The van der Waals surface area contributed by atoms with E-state index in [0.717, 1.165) is 4.90 Å². The standard InChI is InChI=1S/C6H7NS/c1-5-2-3-7-4-6(5)8/h2-4,8H,1H3. The summed E-state index contributed by atoms with van der Waals surface area (Å²) in [5.74, 6) is 0. The highest BCUT2D eigenvalue weighted by Crippen LogP contribution is 2.07. The molecule has 0 unspecified atom stereocenters. The molecule has 8 heavy (non-hydrogen) atoms. The molecular weight excluding hydrogens is 118 g/mol. The summed E-state index contributed by atoms with van der Waals surface area (Å²) in [5.41, 5.74) is 1.17. The molecule has 0 bridgehead atoms. The summed E-state index contributed by atoms with van der Waals surface area (Å²) in [6.45, 7) is 2.00. The average Bonchev–Trinajstić information content (AvgIpc) is 1.77. The molecule has 0 saturated heterocycles. The molecule has 1 heterocycles. The van der Waals surface area contributed by atoms with E-state index in [2.05, 4.69) is 17.6 Å². The Bertz CT molecular complexity index is 165. The lowest BCUT2D eigenvalue weighted by Crippen LogP contribution is -1.75. The van der Waals surface area contributed by atoms with Gasteiger partial charge in [0.1, 0.15) is 0 Å². The van der Waals surface area contributed by atoms with Crippen LogP contribution in [0.15, 0.2) is 23.4 Å². The summed E-state index contributed by atoms with van der Waals surface area (Å²) in [6, 6.07) is 1.93. The number of thiol groups is 1. The minimum absolute atomic E-state index is 0.951. The van der Waals surface area contributed by atoms with Gasteiger partial charge in [-0.05, 0) is 18.6 Å². The molecule has 1 rings (SSSR count). The fraction of sp³-hybridized carbons (Fsp3) is 0.167. The van der Waals surface area contributed by atoms with Crippen molar-refractivity contribution >= 4 is 12.6 Å². The third kappa shape index (κ3) is 1.01. The van der Waals surface area contributed by atoms with Crippen molar-refractivity contribution in [1.29, 1.82) is 0 Å². The molecule has 0 fully saturated rings. The van der Waals surface area contributed by atoms with Gasteiger partial charge in [-0.3, -0.25) is 4.98 Å². The zero-order valence-corrected chi connectivity index (χ0v) is 5.52. The van der Waals surface area contributed by atoms with Gasteiger partial charge in [0.05, 0.1) is 0 Å². The van der Waals surface area contributed by atoms with Crippen LogP contribution in [0.1, 0.15) is 5.56 Å². The zero-order chi connectivity index (χ0) is 5.98.